The molecule has 0 bridgehead atoms. The molecule has 1 aliphatic rings. The minimum absolute atomic E-state index is 0.0981. The number of amides is 1. The van der Waals surface area contributed by atoms with Crippen LogP contribution < -0.4 is 5.32 Å². The van der Waals surface area contributed by atoms with Gasteiger partial charge in [-0.15, -0.1) is 21.5 Å². The standard InChI is InChI=1S/C21H22N6OS2/c1-13-11-29-20(22-13)24-17(28)12-30-21-26-25-19-15-9-5-6-10-16(15)23-18(27(19)21)14-7-3-2-4-8-14/h5-6,9-11,14H,2-4,7-8,12H2,1H3,(H,22,24,28). The quantitative estimate of drug-likeness (QED) is 0.450. The molecule has 1 fully saturated rings. The lowest BCUT2D eigenvalue weighted by molar-refractivity contribution is -0.113. The zero-order valence-electron chi connectivity index (χ0n) is 16.7. The van der Waals surface area contributed by atoms with Crippen LogP contribution in [-0.2, 0) is 4.79 Å². The molecule has 1 N–H and O–H groups in total. The summed E-state index contributed by atoms with van der Waals surface area (Å²) in [6.07, 6.45) is 5.99. The zero-order chi connectivity index (χ0) is 20.5. The first-order valence-electron chi connectivity index (χ1n) is 10.2. The fourth-order valence-corrected chi connectivity index (χ4v) is 5.45. The largest absolute Gasteiger partial charge is 0.301 e. The summed E-state index contributed by atoms with van der Waals surface area (Å²) in [6, 6.07) is 8.07. The molecular formula is C21H22N6OS2. The van der Waals surface area contributed by atoms with Crippen molar-refractivity contribution in [2.24, 2.45) is 0 Å². The summed E-state index contributed by atoms with van der Waals surface area (Å²) in [5.74, 6) is 1.57. The summed E-state index contributed by atoms with van der Waals surface area (Å²) < 4.78 is 2.07. The molecule has 1 amide bonds. The van der Waals surface area contributed by atoms with Crippen LogP contribution >= 0.6 is 23.1 Å². The summed E-state index contributed by atoms with van der Waals surface area (Å²) in [5, 5.41) is 16.0. The van der Waals surface area contributed by atoms with Crippen LogP contribution in [0.4, 0.5) is 5.13 Å². The lowest BCUT2D eigenvalue weighted by Gasteiger charge is -2.22. The van der Waals surface area contributed by atoms with Crippen molar-refractivity contribution in [2.45, 2.75) is 50.1 Å². The van der Waals surface area contributed by atoms with E-state index in [9.17, 15) is 4.79 Å². The molecule has 1 aliphatic carbocycles. The Balaban J connectivity index is 1.47. The highest BCUT2D eigenvalue weighted by atomic mass is 32.2. The first kappa shape index (κ1) is 19.4. The number of carbonyl (C=O) groups excluding carboxylic acids is 1. The zero-order valence-corrected chi connectivity index (χ0v) is 18.3. The summed E-state index contributed by atoms with van der Waals surface area (Å²) in [6.45, 7) is 1.91. The third kappa shape index (κ3) is 3.79. The number of anilines is 1. The molecule has 3 heterocycles. The first-order chi connectivity index (χ1) is 14.7. The molecule has 30 heavy (non-hydrogen) atoms. The van der Waals surface area contributed by atoms with Crippen LogP contribution in [0.15, 0.2) is 34.8 Å². The number of fused-ring (bicyclic) bond motifs is 3. The molecule has 0 saturated heterocycles. The van der Waals surface area contributed by atoms with E-state index >= 15 is 0 Å². The van der Waals surface area contributed by atoms with Crippen LogP contribution in [0.25, 0.3) is 16.6 Å². The van der Waals surface area contributed by atoms with E-state index in [1.54, 1.807) is 0 Å². The van der Waals surface area contributed by atoms with Gasteiger partial charge in [-0.05, 0) is 31.9 Å². The highest BCUT2D eigenvalue weighted by Gasteiger charge is 2.24. The Hall–Kier alpha value is -2.52. The number of thioether (sulfide) groups is 1. The minimum atomic E-state index is -0.0981. The number of hydrogen-bond donors (Lipinski definition) is 1. The number of para-hydroxylation sites is 1. The third-order valence-corrected chi connectivity index (χ3v) is 7.21. The molecule has 7 nitrogen and oxygen atoms in total. The van der Waals surface area contributed by atoms with E-state index < -0.39 is 0 Å². The van der Waals surface area contributed by atoms with Gasteiger partial charge in [0.25, 0.3) is 0 Å². The molecule has 1 saturated carbocycles. The van der Waals surface area contributed by atoms with Gasteiger partial charge >= 0.3 is 0 Å². The number of carbonyl (C=O) groups is 1. The van der Waals surface area contributed by atoms with Gasteiger partial charge in [0.05, 0.1) is 17.0 Å². The van der Waals surface area contributed by atoms with Crippen molar-refractivity contribution in [1.82, 2.24) is 24.6 Å². The number of aromatic nitrogens is 5. The maximum atomic E-state index is 12.4. The van der Waals surface area contributed by atoms with Crippen molar-refractivity contribution >= 4 is 50.7 Å². The van der Waals surface area contributed by atoms with E-state index in [0.29, 0.717) is 16.2 Å². The highest BCUT2D eigenvalue weighted by Crippen LogP contribution is 2.35. The molecule has 1 aromatic carbocycles. The van der Waals surface area contributed by atoms with Gasteiger partial charge in [-0.3, -0.25) is 9.20 Å². The van der Waals surface area contributed by atoms with E-state index in [0.717, 1.165) is 40.9 Å². The second-order valence-electron chi connectivity index (χ2n) is 7.59. The molecule has 9 heteroatoms. The molecule has 3 aromatic heterocycles. The number of benzene rings is 1. The van der Waals surface area contributed by atoms with Crippen LogP contribution in [0.1, 0.15) is 49.5 Å². The molecule has 0 atom stereocenters. The Kier molecular flexibility index (Phi) is 5.39. The van der Waals surface area contributed by atoms with Gasteiger partial charge in [0, 0.05) is 16.7 Å². The molecule has 154 valence electrons. The van der Waals surface area contributed by atoms with Gasteiger partial charge in [-0.2, -0.15) is 0 Å². The van der Waals surface area contributed by atoms with Gasteiger partial charge in [-0.25, -0.2) is 9.97 Å². The Labute approximate surface area is 182 Å². The van der Waals surface area contributed by atoms with Crippen LogP contribution in [0.5, 0.6) is 0 Å². The van der Waals surface area contributed by atoms with E-state index in [2.05, 4.69) is 24.9 Å². The van der Waals surface area contributed by atoms with E-state index in [-0.39, 0.29) is 11.7 Å². The number of hydrogen-bond acceptors (Lipinski definition) is 7. The number of rotatable bonds is 5. The summed E-state index contributed by atoms with van der Waals surface area (Å²) >= 11 is 2.82. The van der Waals surface area contributed by atoms with Gasteiger partial charge in [0.2, 0.25) is 5.91 Å². The summed E-state index contributed by atoms with van der Waals surface area (Å²) in [4.78, 5) is 21.7. The van der Waals surface area contributed by atoms with Crippen molar-refractivity contribution in [3.63, 3.8) is 0 Å². The molecule has 5 rings (SSSR count). The van der Waals surface area contributed by atoms with E-state index in [1.807, 2.05) is 36.6 Å². The smallest absolute Gasteiger partial charge is 0.236 e. The Bertz CT molecular complexity index is 1210. The van der Waals surface area contributed by atoms with Gasteiger partial charge in [-0.1, -0.05) is 43.2 Å². The van der Waals surface area contributed by atoms with E-state index in [4.69, 9.17) is 4.98 Å². The lowest BCUT2D eigenvalue weighted by atomic mass is 9.88. The number of aryl methyl sites for hydroxylation is 1. The van der Waals surface area contributed by atoms with Crippen molar-refractivity contribution < 1.29 is 4.79 Å². The molecule has 0 unspecified atom stereocenters. The van der Waals surface area contributed by atoms with Gasteiger partial charge in [0.15, 0.2) is 15.9 Å². The fourth-order valence-electron chi connectivity index (χ4n) is 4.01. The molecule has 4 aromatic rings. The fraction of sp³-hybridized carbons (Fsp3) is 0.381. The van der Waals surface area contributed by atoms with Gasteiger partial charge < -0.3 is 5.32 Å². The Morgan fingerprint density at radius 2 is 2.03 bits per heavy atom. The lowest BCUT2D eigenvalue weighted by Crippen LogP contribution is -2.15. The van der Waals surface area contributed by atoms with E-state index in [1.165, 1.54) is 42.4 Å². The number of nitrogens with zero attached hydrogens (tertiary/aromatic N) is 5. The van der Waals surface area contributed by atoms with Crippen molar-refractivity contribution in [1.29, 1.82) is 0 Å². The average molecular weight is 439 g/mol. The Morgan fingerprint density at radius 1 is 1.20 bits per heavy atom. The van der Waals surface area contributed by atoms with Crippen molar-refractivity contribution in [3.05, 3.63) is 41.2 Å². The predicted octanol–water partition coefficient (Wildman–Crippen LogP) is 4.82. The van der Waals surface area contributed by atoms with Crippen molar-refractivity contribution in [2.75, 3.05) is 11.1 Å². The Morgan fingerprint density at radius 3 is 2.83 bits per heavy atom. The summed E-state index contributed by atoms with van der Waals surface area (Å²) in [5.41, 5.74) is 2.67. The number of nitrogens with one attached hydrogen (secondary N) is 1. The molecular weight excluding hydrogens is 416 g/mol. The molecule has 0 radical (unpaired) electrons. The average Bonchev–Trinajstić information content (AvgIpc) is 3.38. The number of thiazole rings is 1. The van der Waals surface area contributed by atoms with Crippen LogP contribution in [-0.4, -0.2) is 36.2 Å². The maximum absolute atomic E-state index is 12.4. The normalized spacial score (nSPS) is 15.1. The molecule has 0 spiro atoms. The third-order valence-electron chi connectivity index (χ3n) is 5.41. The summed E-state index contributed by atoms with van der Waals surface area (Å²) in [7, 11) is 0. The SMILES string of the molecule is Cc1csc(NC(=O)CSc2nnc3c4ccccc4nc(C4CCCCC4)n23)n1. The van der Waals surface area contributed by atoms with Crippen LogP contribution in [0.3, 0.4) is 0 Å². The predicted molar refractivity (Wildman–Crippen MR) is 120 cm³/mol. The monoisotopic (exact) mass is 438 g/mol. The topological polar surface area (TPSA) is 85.1 Å². The highest BCUT2D eigenvalue weighted by molar-refractivity contribution is 7.99. The minimum Gasteiger partial charge on any atom is -0.301 e. The first-order valence-corrected chi connectivity index (χ1v) is 12.0. The second-order valence-corrected chi connectivity index (χ2v) is 9.40. The van der Waals surface area contributed by atoms with Crippen molar-refractivity contribution in [3.8, 4) is 0 Å². The maximum Gasteiger partial charge on any atom is 0.236 e. The van der Waals surface area contributed by atoms with Crippen LogP contribution in [0, 0.1) is 6.92 Å². The van der Waals surface area contributed by atoms with Crippen LogP contribution in [0.2, 0.25) is 0 Å². The molecule has 0 aliphatic heterocycles. The van der Waals surface area contributed by atoms with Gasteiger partial charge in [0.1, 0.15) is 5.82 Å². The second kappa shape index (κ2) is 8.31.